The van der Waals surface area contributed by atoms with E-state index >= 15 is 0 Å². The fourth-order valence-corrected chi connectivity index (χ4v) is 4.33. The number of nitrogens with two attached hydrogens (primary N) is 2. The highest BCUT2D eigenvalue weighted by Crippen LogP contribution is 2.32. The molecule has 1 saturated heterocycles. The number of nitrogens with one attached hydrogen (secondary N) is 1. The van der Waals surface area contributed by atoms with Gasteiger partial charge < -0.3 is 26.8 Å². The van der Waals surface area contributed by atoms with E-state index in [1.165, 1.54) is 18.3 Å². The Morgan fingerprint density at radius 2 is 2.03 bits per heavy atom. The molecule has 1 unspecified atom stereocenters. The molecule has 9 heteroatoms. The summed E-state index contributed by atoms with van der Waals surface area (Å²) < 4.78 is 14.7. The molecule has 2 aromatic heterocycles. The number of hydrogen-bond donors (Lipinski definition) is 4. The fourth-order valence-electron chi connectivity index (χ4n) is 4.33. The Bertz CT molecular complexity index is 1020. The number of hydrogen-bond acceptors (Lipinski definition) is 8. The first kappa shape index (κ1) is 24.6. The quantitative estimate of drug-likeness (QED) is 0.448. The van der Waals surface area contributed by atoms with E-state index in [9.17, 15) is 9.50 Å². The zero-order valence-corrected chi connectivity index (χ0v) is 19.6. The largest absolute Gasteiger partial charge is 0.392 e. The molecular weight excluding hydrogens is 421 g/mol. The van der Waals surface area contributed by atoms with Crippen LogP contribution >= 0.6 is 0 Å². The fraction of sp³-hybridized carbons (Fsp3) is 0.458. The second kappa shape index (κ2) is 10.7. The van der Waals surface area contributed by atoms with Gasteiger partial charge in [-0.1, -0.05) is 18.7 Å². The van der Waals surface area contributed by atoms with Crippen LogP contribution in [-0.2, 0) is 0 Å². The van der Waals surface area contributed by atoms with Gasteiger partial charge in [-0.3, -0.25) is 0 Å². The van der Waals surface area contributed by atoms with Crippen LogP contribution in [0.3, 0.4) is 0 Å². The molecular formula is C24H34FN7O. The van der Waals surface area contributed by atoms with Crippen molar-refractivity contribution < 1.29 is 9.50 Å². The molecule has 33 heavy (non-hydrogen) atoms. The number of nitrogen functional groups attached to an aromatic ring is 2. The van der Waals surface area contributed by atoms with Gasteiger partial charge in [-0.05, 0) is 58.3 Å². The summed E-state index contributed by atoms with van der Waals surface area (Å²) >= 11 is 0. The van der Waals surface area contributed by atoms with Gasteiger partial charge in [0.15, 0.2) is 11.6 Å². The van der Waals surface area contributed by atoms with Crippen LogP contribution in [0.4, 0.5) is 16.2 Å². The van der Waals surface area contributed by atoms with Gasteiger partial charge in [0, 0.05) is 23.7 Å². The van der Waals surface area contributed by atoms with Crippen LogP contribution in [0.5, 0.6) is 0 Å². The Morgan fingerprint density at radius 1 is 1.33 bits per heavy atom. The lowest BCUT2D eigenvalue weighted by atomic mass is 9.89. The minimum atomic E-state index is -0.636. The third-order valence-corrected chi connectivity index (χ3v) is 6.18. The van der Waals surface area contributed by atoms with Crippen LogP contribution < -0.4 is 16.8 Å². The lowest BCUT2D eigenvalue weighted by molar-refractivity contribution is 0.170. The van der Waals surface area contributed by atoms with E-state index in [-0.39, 0.29) is 23.9 Å². The molecule has 0 radical (unpaired) electrons. The van der Waals surface area contributed by atoms with E-state index in [1.807, 2.05) is 6.92 Å². The minimum Gasteiger partial charge on any atom is -0.392 e. The lowest BCUT2D eigenvalue weighted by Gasteiger charge is -2.35. The Morgan fingerprint density at radius 3 is 2.67 bits per heavy atom. The van der Waals surface area contributed by atoms with E-state index in [2.05, 4.69) is 45.6 Å². The Labute approximate surface area is 194 Å². The molecule has 0 aromatic carbocycles. The van der Waals surface area contributed by atoms with Gasteiger partial charge in [-0.15, -0.1) is 0 Å². The average Bonchev–Trinajstić information content (AvgIpc) is 2.79. The van der Waals surface area contributed by atoms with Crippen molar-refractivity contribution in [1.29, 1.82) is 0 Å². The topological polar surface area (TPSA) is 126 Å². The van der Waals surface area contributed by atoms with Gasteiger partial charge >= 0.3 is 0 Å². The van der Waals surface area contributed by atoms with Crippen molar-refractivity contribution in [2.24, 2.45) is 0 Å². The summed E-state index contributed by atoms with van der Waals surface area (Å²) in [6.07, 6.45) is 6.60. The van der Waals surface area contributed by atoms with Crippen LogP contribution in [0.2, 0.25) is 0 Å². The number of anilines is 2. The number of aliphatic hydroxyl groups excluding tert-OH is 1. The molecule has 0 spiro atoms. The number of rotatable bonds is 8. The van der Waals surface area contributed by atoms with E-state index < -0.39 is 11.9 Å². The highest BCUT2D eigenvalue weighted by Gasteiger charge is 2.26. The van der Waals surface area contributed by atoms with Gasteiger partial charge in [-0.2, -0.15) is 0 Å². The predicted molar refractivity (Wildman–Crippen MR) is 130 cm³/mol. The molecule has 8 nitrogen and oxygen atoms in total. The number of halogens is 1. The standard InChI is InChI=1S/C24H34FN7O/c1-14(2)32-11-8-17(9-12-32)22-15(3)21(30-24(27)31-22)16(4)29-19(6-5-13-33)18-7-10-28-23(26)20(18)25/h5-7,10,14,17,19,29,33H,4,8-9,11-13H2,1-3H3,(H2,26,28)(H2,27,30,31)/b6-5-. The Hall–Kier alpha value is -3.04. The van der Waals surface area contributed by atoms with Crippen molar-refractivity contribution in [2.45, 2.75) is 51.6 Å². The molecule has 1 aliphatic rings. The van der Waals surface area contributed by atoms with Crippen molar-refractivity contribution in [2.75, 3.05) is 31.2 Å². The van der Waals surface area contributed by atoms with Crippen LogP contribution in [0.15, 0.2) is 31.0 Å². The first-order chi connectivity index (χ1) is 15.7. The van der Waals surface area contributed by atoms with Crippen LogP contribution in [0.25, 0.3) is 5.70 Å². The zero-order valence-electron chi connectivity index (χ0n) is 19.6. The molecule has 6 N–H and O–H groups in total. The Kier molecular flexibility index (Phi) is 7.99. The van der Waals surface area contributed by atoms with E-state index in [0.717, 1.165) is 37.2 Å². The number of aromatic nitrogens is 3. The molecule has 2 aromatic rings. The van der Waals surface area contributed by atoms with Crippen molar-refractivity contribution >= 4 is 17.5 Å². The molecule has 0 amide bonds. The third kappa shape index (κ3) is 5.66. The zero-order chi connectivity index (χ0) is 24.1. The van der Waals surface area contributed by atoms with Gasteiger partial charge in [-0.25, -0.2) is 19.3 Å². The SMILES string of the molecule is C=C(NC(/C=C\CO)c1ccnc(N)c1F)c1nc(N)nc(C2CCN(C(C)C)CC2)c1C. The maximum atomic E-state index is 14.7. The van der Waals surface area contributed by atoms with Gasteiger partial charge in [0.05, 0.1) is 29.7 Å². The first-order valence-corrected chi connectivity index (χ1v) is 11.2. The number of pyridine rings is 1. The summed E-state index contributed by atoms with van der Waals surface area (Å²) in [6.45, 7) is 12.4. The smallest absolute Gasteiger partial charge is 0.220 e. The normalized spacial score (nSPS) is 16.4. The first-order valence-electron chi connectivity index (χ1n) is 11.2. The maximum absolute atomic E-state index is 14.7. The third-order valence-electron chi connectivity index (χ3n) is 6.18. The van der Waals surface area contributed by atoms with Crippen molar-refractivity contribution in [3.05, 3.63) is 59.3 Å². The lowest BCUT2D eigenvalue weighted by Crippen LogP contribution is -2.38. The van der Waals surface area contributed by atoms with Crippen LogP contribution in [0.1, 0.15) is 61.2 Å². The molecule has 178 valence electrons. The number of piperidine rings is 1. The molecule has 3 heterocycles. The van der Waals surface area contributed by atoms with Crippen molar-refractivity contribution in [1.82, 2.24) is 25.2 Å². The highest BCUT2D eigenvalue weighted by molar-refractivity contribution is 5.64. The van der Waals surface area contributed by atoms with E-state index in [1.54, 1.807) is 6.08 Å². The summed E-state index contributed by atoms with van der Waals surface area (Å²) in [5.41, 5.74) is 14.9. The van der Waals surface area contributed by atoms with Crippen molar-refractivity contribution in [3.63, 3.8) is 0 Å². The second-order valence-corrected chi connectivity index (χ2v) is 8.66. The average molecular weight is 456 g/mol. The molecule has 3 rings (SSSR count). The second-order valence-electron chi connectivity index (χ2n) is 8.66. The van der Waals surface area contributed by atoms with E-state index in [4.69, 9.17) is 11.5 Å². The van der Waals surface area contributed by atoms with Gasteiger partial charge in [0.2, 0.25) is 5.95 Å². The summed E-state index contributed by atoms with van der Waals surface area (Å²) in [5, 5.41) is 12.4. The molecule has 1 aliphatic heterocycles. The molecule has 0 saturated carbocycles. The molecule has 0 aliphatic carbocycles. The number of aliphatic hydroxyl groups is 1. The number of likely N-dealkylation sites (tertiary alicyclic amines) is 1. The summed E-state index contributed by atoms with van der Waals surface area (Å²) in [4.78, 5) is 15.2. The van der Waals surface area contributed by atoms with Crippen molar-refractivity contribution in [3.8, 4) is 0 Å². The number of nitrogens with zero attached hydrogens (tertiary/aromatic N) is 4. The summed E-state index contributed by atoms with van der Waals surface area (Å²) in [7, 11) is 0. The van der Waals surface area contributed by atoms with Crippen LogP contribution in [-0.4, -0.2) is 50.7 Å². The monoisotopic (exact) mass is 455 g/mol. The predicted octanol–water partition coefficient (Wildman–Crippen LogP) is 2.92. The molecule has 0 bridgehead atoms. The summed E-state index contributed by atoms with van der Waals surface area (Å²) in [6, 6.07) is 1.42. The maximum Gasteiger partial charge on any atom is 0.220 e. The van der Waals surface area contributed by atoms with Gasteiger partial charge in [0.25, 0.3) is 0 Å². The van der Waals surface area contributed by atoms with E-state index in [0.29, 0.717) is 23.4 Å². The minimum absolute atomic E-state index is 0.182. The summed E-state index contributed by atoms with van der Waals surface area (Å²) in [5.74, 6) is -0.345. The Balaban J connectivity index is 1.88. The molecule has 1 atom stereocenters. The highest BCUT2D eigenvalue weighted by atomic mass is 19.1. The van der Waals surface area contributed by atoms with Crippen LogP contribution in [0, 0.1) is 12.7 Å². The molecule has 1 fully saturated rings. The van der Waals surface area contributed by atoms with Gasteiger partial charge in [0.1, 0.15) is 0 Å².